The van der Waals surface area contributed by atoms with Gasteiger partial charge in [-0.1, -0.05) is 13.8 Å². The van der Waals surface area contributed by atoms with Crippen molar-refractivity contribution >= 4 is 17.9 Å². The molecule has 1 aliphatic rings. The van der Waals surface area contributed by atoms with Crippen molar-refractivity contribution in [3.8, 4) is 0 Å². The van der Waals surface area contributed by atoms with E-state index in [1.165, 1.54) is 19.1 Å². The highest BCUT2D eigenvalue weighted by Crippen LogP contribution is 2.25. The first-order valence-electron chi connectivity index (χ1n) is 7.49. The zero-order chi connectivity index (χ0) is 16.9. The second kappa shape index (κ2) is 7.44. The first kappa shape index (κ1) is 18.2. The number of likely N-dealkylation sites (N-methyl/N-ethyl adjacent to an activating group) is 1. The first-order chi connectivity index (χ1) is 10.3. The first-order valence-corrected chi connectivity index (χ1v) is 7.49. The molecule has 1 rings (SSSR count). The molecule has 22 heavy (non-hydrogen) atoms. The molecule has 4 N–H and O–H groups in total. The van der Waals surface area contributed by atoms with Gasteiger partial charge in [0.15, 0.2) is 5.66 Å². The zero-order valence-corrected chi connectivity index (χ0v) is 13.6. The monoisotopic (exact) mass is 314 g/mol. The van der Waals surface area contributed by atoms with E-state index in [0.29, 0.717) is 19.4 Å². The highest BCUT2D eigenvalue weighted by Gasteiger charge is 2.47. The summed E-state index contributed by atoms with van der Waals surface area (Å²) < 4.78 is 4.57. The van der Waals surface area contributed by atoms with Crippen LogP contribution < -0.4 is 16.4 Å². The number of carbonyl (C=O) groups is 3. The summed E-state index contributed by atoms with van der Waals surface area (Å²) in [6.07, 6.45) is 1.12. The Hall–Kier alpha value is -1.83. The largest absolute Gasteiger partial charge is 0.453 e. The van der Waals surface area contributed by atoms with E-state index in [2.05, 4.69) is 15.4 Å². The molecule has 3 amide bonds. The van der Waals surface area contributed by atoms with Crippen molar-refractivity contribution in [2.45, 2.75) is 44.8 Å². The van der Waals surface area contributed by atoms with Gasteiger partial charge in [-0.15, -0.1) is 0 Å². The predicted octanol–water partition coefficient (Wildman–Crippen LogP) is -0.219. The maximum Gasteiger partial charge on any atom is 0.408 e. The standard InChI is InChI=1S/C14H26N4O4/c1-5-9(2)14(15,17-13(21)22-4)12(20)18-8-6-7-10(18)11(19)16-3/h9-10H,5-8,15H2,1-4H3,(H,16,19)(H,17,21)/t9-,10-,14-/m0/s1. The maximum absolute atomic E-state index is 12.9. The van der Waals surface area contributed by atoms with E-state index < -0.39 is 23.7 Å². The van der Waals surface area contributed by atoms with Crippen LogP contribution in [0, 0.1) is 5.92 Å². The minimum atomic E-state index is -1.60. The molecule has 8 heteroatoms. The quantitative estimate of drug-likeness (QED) is 0.607. The van der Waals surface area contributed by atoms with Crippen molar-refractivity contribution in [1.82, 2.24) is 15.5 Å². The van der Waals surface area contributed by atoms with Crippen LogP contribution >= 0.6 is 0 Å². The molecule has 0 aliphatic carbocycles. The number of nitrogens with zero attached hydrogens (tertiary/aromatic N) is 1. The molecule has 126 valence electrons. The molecule has 1 fully saturated rings. The van der Waals surface area contributed by atoms with Gasteiger partial charge in [-0.25, -0.2) is 4.79 Å². The van der Waals surface area contributed by atoms with Gasteiger partial charge < -0.3 is 20.7 Å². The van der Waals surface area contributed by atoms with Gasteiger partial charge >= 0.3 is 6.09 Å². The van der Waals surface area contributed by atoms with Crippen LogP contribution in [0.2, 0.25) is 0 Å². The minimum absolute atomic E-state index is 0.226. The van der Waals surface area contributed by atoms with E-state index in [-0.39, 0.29) is 11.8 Å². The molecular formula is C14H26N4O4. The van der Waals surface area contributed by atoms with Crippen LogP contribution in [0.5, 0.6) is 0 Å². The second-order valence-electron chi connectivity index (χ2n) is 5.57. The number of amides is 3. The van der Waals surface area contributed by atoms with Gasteiger partial charge in [0, 0.05) is 19.5 Å². The number of ether oxygens (including phenoxy) is 1. The summed E-state index contributed by atoms with van der Waals surface area (Å²) >= 11 is 0. The predicted molar refractivity (Wildman–Crippen MR) is 80.7 cm³/mol. The van der Waals surface area contributed by atoms with E-state index in [1.54, 1.807) is 6.92 Å². The Morgan fingerprint density at radius 3 is 2.59 bits per heavy atom. The number of rotatable bonds is 5. The molecule has 0 aromatic carbocycles. The Bertz CT molecular complexity index is 443. The Kier molecular flexibility index (Phi) is 6.16. The summed E-state index contributed by atoms with van der Waals surface area (Å²) in [5.41, 5.74) is 4.62. The molecule has 1 heterocycles. The normalized spacial score (nSPS) is 21.7. The van der Waals surface area contributed by atoms with E-state index in [0.717, 1.165) is 6.42 Å². The lowest BCUT2D eigenvalue weighted by Gasteiger charge is -2.38. The van der Waals surface area contributed by atoms with Crippen LogP contribution in [0.1, 0.15) is 33.1 Å². The molecular weight excluding hydrogens is 288 g/mol. The molecule has 0 saturated carbocycles. The van der Waals surface area contributed by atoms with Crippen LogP contribution in [0.4, 0.5) is 4.79 Å². The summed E-state index contributed by atoms with van der Waals surface area (Å²) in [7, 11) is 2.74. The van der Waals surface area contributed by atoms with Crippen molar-refractivity contribution in [3.63, 3.8) is 0 Å². The maximum atomic E-state index is 12.9. The molecule has 1 saturated heterocycles. The van der Waals surface area contributed by atoms with Crippen molar-refractivity contribution in [2.24, 2.45) is 11.7 Å². The fourth-order valence-electron chi connectivity index (χ4n) is 2.62. The summed E-state index contributed by atoms with van der Waals surface area (Å²) in [5, 5.41) is 4.99. The average molecular weight is 314 g/mol. The molecule has 0 unspecified atom stereocenters. The smallest absolute Gasteiger partial charge is 0.408 e. The van der Waals surface area contributed by atoms with Crippen LogP contribution in [0.15, 0.2) is 0 Å². The van der Waals surface area contributed by atoms with Gasteiger partial charge in [-0.05, 0) is 19.3 Å². The van der Waals surface area contributed by atoms with E-state index >= 15 is 0 Å². The van der Waals surface area contributed by atoms with Crippen molar-refractivity contribution < 1.29 is 19.1 Å². The van der Waals surface area contributed by atoms with E-state index in [1.807, 2.05) is 6.92 Å². The van der Waals surface area contributed by atoms with Crippen LogP contribution in [-0.4, -0.2) is 55.2 Å². The topological polar surface area (TPSA) is 114 Å². The Balaban J connectivity index is 3.05. The van der Waals surface area contributed by atoms with Gasteiger partial charge in [0.25, 0.3) is 5.91 Å². The van der Waals surface area contributed by atoms with Gasteiger partial charge in [0.05, 0.1) is 7.11 Å². The van der Waals surface area contributed by atoms with Crippen LogP contribution in [-0.2, 0) is 14.3 Å². The third-order valence-corrected chi connectivity index (χ3v) is 4.30. The molecule has 0 aromatic rings. The SMILES string of the molecule is CC[C@H](C)[C@](N)(NC(=O)OC)C(=O)N1CCC[C@H]1C(=O)NC. The third-order valence-electron chi connectivity index (χ3n) is 4.30. The average Bonchev–Trinajstić information content (AvgIpc) is 3.01. The number of hydrogen-bond donors (Lipinski definition) is 3. The van der Waals surface area contributed by atoms with Gasteiger partial charge in [-0.2, -0.15) is 0 Å². The summed E-state index contributed by atoms with van der Waals surface area (Å²) in [4.78, 5) is 37.8. The third kappa shape index (κ3) is 3.49. The van der Waals surface area contributed by atoms with Crippen molar-refractivity contribution in [2.75, 3.05) is 20.7 Å². The number of likely N-dealkylation sites (tertiary alicyclic amines) is 1. The Morgan fingerprint density at radius 1 is 1.45 bits per heavy atom. The van der Waals surface area contributed by atoms with Gasteiger partial charge in [0.2, 0.25) is 5.91 Å². The van der Waals surface area contributed by atoms with Crippen LogP contribution in [0.3, 0.4) is 0 Å². The van der Waals surface area contributed by atoms with Crippen molar-refractivity contribution in [1.29, 1.82) is 0 Å². The summed E-state index contributed by atoms with van der Waals surface area (Å²) in [6, 6.07) is -0.552. The molecule has 0 radical (unpaired) electrons. The second-order valence-corrected chi connectivity index (χ2v) is 5.57. The molecule has 0 aromatic heterocycles. The van der Waals surface area contributed by atoms with Crippen molar-refractivity contribution in [3.05, 3.63) is 0 Å². The lowest BCUT2D eigenvalue weighted by atomic mass is 9.90. The van der Waals surface area contributed by atoms with E-state index in [9.17, 15) is 14.4 Å². The van der Waals surface area contributed by atoms with Gasteiger partial charge in [0.1, 0.15) is 6.04 Å². The number of hydrogen-bond acceptors (Lipinski definition) is 5. The van der Waals surface area contributed by atoms with Crippen LogP contribution in [0.25, 0.3) is 0 Å². The molecule has 0 bridgehead atoms. The summed E-state index contributed by atoms with van der Waals surface area (Å²) in [6.45, 7) is 4.09. The molecule has 8 nitrogen and oxygen atoms in total. The fourth-order valence-corrected chi connectivity index (χ4v) is 2.62. The molecule has 1 aliphatic heterocycles. The lowest BCUT2D eigenvalue weighted by Crippen LogP contribution is -2.70. The number of methoxy groups -OCH3 is 1. The molecule has 3 atom stereocenters. The highest BCUT2D eigenvalue weighted by atomic mass is 16.5. The molecule has 0 spiro atoms. The lowest BCUT2D eigenvalue weighted by molar-refractivity contribution is -0.145. The number of nitrogens with two attached hydrogens (primary N) is 1. The number of alkyl carbamates (subject to hydrolysis) is 1. The van der Waals surface area contributed by atoms with Gasteiger partial charge in [-0.3, -0.25) is 14.9 Å². The zero-order valence-electron chi connectivity index (χ0n) is 13.6. The Labute approximate surface area is 130 Å². The number of nitrogens with one attached hydrogen (secondary N) is 2. The Morgan fingerprint density at radius 2 is 2.09 bits per heavy atom. The highest BCUT2D eigenvalue weighted by molar-refractivity contribution is 5.94. The fraction of sp³-hybridized carbons (Fsp3) is 0.786. The summed E-state index contributed by atoms with van der Waals surface area (Å²) in [5.74, 6) is -1.00. The minimum Gasteiger partial charge on any atom is -0.453 e. The number of carbonyl (C=O) groups excluding carboxylic acids is 3. The van der Waals surface area contributed by atoms with E-state index in [4.69, 9.17) is 5.73 Å².